The van der Waals surface area contributed by atoms with Gasteiger partial charge in [0.15, 0.2) is 5.96 Å². The highest BCUT2D eigenvalue weighted by atomic mass is 16.5. The summed E-state index contributed by atoms with van der Waals surface area (Å²) >= 11 is 0. The van der Waals surface area contributed by atoms with Gasteiger partial charge in [0.2, 0.25) is 0 Å². The van der Waals surface area contributed by atoms with Crippen LogP contribution in [0.1, 0.15) is 18.4 Å². The van der Waals surface area contributed by atoms with E-state index in [2.05, 4.69) is 49.6 Å². The lowest BCUT2D eigenvalue weighted by molar-refractivity contribution is 0.0767. The lowest BCUT2D eigenvalue weighted by Gasteiger charge is -2.23. The fraction of sp³-hybridized carbons (Fsp3) is 0.526. The summed E-state index contributed by atoms with van der Waals surface area (Å²) in [7, 11) is 1.87. The van der Waals surface area contributed by atoms with Crippen LogP contribution in [0, 0.1) is 11.8 Å². The number of hydrogen-bond acceptors (Lipinski definition) is 4. The predicted molar refractivity (Wildman–Crippen MR) is 98.0 cm³/mol. The Labute approximate surface area is 153 Å². The third kappa shape index (κ3) is 2.67. The molecule has 3 aliphatic rings. The monoisotopic (exact) mass is 352 g/mol. The van der Waals surface area contributed by atoms with Gasteiger partial charge in [0, 0.05) is 38.5 Å². The quantitative estimate of drug-likeness (QED) is 0.669. The van der Waals surface area contributed by atoms with Crippen molar-refractivity contribution < 1.29 is 4.74 Å². The SMILES string of the molecule is CN=C(NCc1ccc(-n2cncn2)cc1)N1CC2C3CCC(O3)C2C1. The molecular weight excluding hydrogens is 328 g/mol. The van der Waals surface area contributed by atoms with Gasteiger partial charge in [0.25, 0.3) is 0 Å². The summed E-state index contributed by atoms with van der Waals surface area (Å²) in [4.78, 5) is 10.9. The maximum absolute atomic E-state index is 6.07. The molecule has 4 heterocycles. The maximum Gasteiger partial charge on any atom is 0.193 e. The van der Waals surface area contributed by atoms with Crippen LogP contribution in [0.5, 0.6) is 0 Å². The Balaban J connectivity index is 1.21. The Morgan fingerprint density at radius 2 is 1.92 bits per heavy atom. The van der Waals surface area contributed by atoms with Gasteiger partial charge in [0.05, 0.1) is 17.9 Å². The van der Waals surface area contributed by atoms with Crippen LogP contribution >= 0.6 is 0 Å². The Morgan fingerprint density at radius 3 is 2.54 bits per heavy atom. The van der Waals surface area contributed by atoms with Crippen molar-refractivity contribution in [2.75, 3.05) is 20.1 Å². The molecule has 0 radical (unpaired) electrons. The number of nitrogens with one attached hydrogen (secondary N) is 1. The molecule has 4 atom stereocenters. The number of aromatic nitrogens is 3. The van der Waals surface area contributed by atoms with E-state index in [1.165, 1.54) is 18.4 Å². The number of rotatable bonds is 3. The zero-order valence-corrected chi connectivity index (χ0v) is 15.0. The fourth-order valence-electron chi connectivity index (χ4n) is 4.75. The number of ether oxygens (including phenoxy) is 1. The lowest BCUT2D eigenvalue weighted by atomic mass is 9.82. The Bertz CT molecular complexity index is 769. The third-order valence-electron chi connectivity index (χ3n) is 6.03. The topological polar surface area (TPSA) is 67.6 Å². The van der Waals surface area contributed by atoms with Crippen LogP contribution < -0.4 is 5.32 Å². The van der Waals surface area contributed by atoms with Crippen molar-refractivity contribution in [2.24, 2.45) is 16.8 Å². The molecule has 26 heavy (non-hydrogen) atoms. The van der Waals surface area contributed by atoms with Gasteiger partial charge in [-0.1, -0.05) is 12.1 Å². The summed E-state index contributed by atoms with van der Waals surface area (Å²) in [6, 6.07) is 8.35. The van der Waals surface area contributed by atoms with Crippen molar-refractivity contribution in [1.82, 2.24) is 25.0 Å². The summed E-state index contributed by atoms with van der Waals surface area (Å²) in [6.45, 7) is 2.90. The maximum atomic E-state index is 6.07. The second-order valence-corrected chi connectivity index (χ2v) is 7.43. The smallest absolute Gasteiger partial charge is 0.193 e. The molecule has 2 aromatic rings. The molecule has 0 spiro atoms. The van der Waals surface area contributed by atoms with E-state index in [4.69, 9.17) is 4.74 Å². The van der Waals surface area contributed by atoms with E-state index in [-0.39, 0.29) is 0 Å². The van der Waals surface area contributed by atoms with Crippen LogP contribution in [0.15, 0.2) is 41.9 Å². The molecule has 0 aliphatic carbocycles. The zero-order chi connectivity index (χ0) is 17.5. The number of benzene rings is 1. The lowest BCUT2D eigenvalue weighted by Crippen LogP contribution is -2.40. The van der Waals surface area contributed by atoms with Crippen LogP contribution in [0.2, 0.25) is 0 Å². The number of guanidine groups is 1. The molecule has 5 rings (SSSR count). The van der Waals surface area contributed by atoms with E-state index in [9.17, 15) is 0 Å². The Morgan fingerprint density at radius 1 is 1.19 bits per heavy atom. The first-order valence-electron chi connectivity index (χ1n) is 9.37. The van der Waals surface area contributed by atoms with Crippen LogP contribution in [-0.2, 0) is 11.3 Å². The second kappa shape index (κ2) is 6.39. The van der Waals surface area contributed by atoms with E-state index in [1.807, 2.05) is 7.05 Å². The van der Waals surface area contributed by atoms with E-state index in [1.54, 1.807) is 17.3 Å². The van der Waals surface area contributed by atoms with Crippen molar-refractivity contribution in [3.8, 4) is 5.69 Å². The van der Waals surface area contributed by atoms with E-state index in [0.717, 1.165) is 31.3 Å². The molecule has 4 unspecified atom stereocenters. The first-order chi connectivity index (χ1) is 12.8. The molecule has 7 heteroatoms. The Kier molecular flexibility index (Phi) is 3.89. The van der Waals surface area contributed by atoms with Crippen LogP contribution in [0.4, 0.5) is 0 Å². The molecule has 136 valence electrons. The van der Waals surface area contributed by atoms with Gasteiger partial charge in [-0.05, 0) is 30.5 Å². The number of aliphatic imine (C=N–C) groups is 1. The standard InChI is InChI=1S/C19H24N6O/c1-20-19(24-9-15-16(10-24)18-7-6-17(15)26-18)22-8-13-2-4-14(5-3-13)25-12-21-11-23-25/h2-5,11-12,15-18H,6-10H2,1H3,(H,20,22). The summed E-state index contributed by atoms with van der Waals surface area (Å²) in [6.07, 6.45) is 6.70. The summed E-state index contributed by atoms with van der Waals surface area (Å²) in [5, 5.41) is 7.68. The van der Waals surface area contributed by atoms with E-state index in [0.29, 0.717) is 24.0 Å². The zero-order valence-electron chi connectivity index (χ0n) is 15.0. The van der Waals surface area contributed by atoms with Gasteiger partial charge in [-0.25, -0.2) is 9.67 Å². The first kappa shape index (κ1) is 15.8. The van der Waals surface area contributed by atoms with Gasteiger partial charge in [-0.15, -0.1) is 0 Å². The van der Waals surface area contributed by atoms with E-state index < -0.39 is 0 Å². The molecule has 0 saturated carbocycles. The average Bonchev–Trinajstić information content (AvgIpc) is 3.44. The second-order valence-electron chi connectivity index (χ2n) is 7.43. The highest BCUT2D eigenvalue weighted by Gasteiger charge is 2.53. The number of nitrogens with zero attached hydrogens (tertiary/aromatic N) is 5. The molecular formula is C19H24N6O. The summed E-state index contributed by atoms with van der Waals surface area (Å²) < 4.78 is 7.83. The summed E-state index contributed by atoms with van der Waals surface area (Å²) in [5.41, 5.74) is 2.23. The van der Waals surface area contributed by atoms with Crippen LogP contribution in [-0.4, -0.2) is 58.0 Å². The predicted octanol–water partition coefficient (Wildman–Crippen LogP) is 1.45. The van der Waals surface area contributed by atoms with Gasteiger partial charge < -0.3 is 15.0 Å². The Hall–Kier alpha value is -2.41. The first-order valence-corrected chi connectivity index (χ1v) is 9.37. The van der Waals surface area contributed by atoms with Crippen molar-refractivity contribution >= 4 is 5.96 Å². The number of hydrogen-bond donors (Lipinski definition) is 1. The van der Waals surface area contributed by atoms with Crippen molar-refractivity contribution in [2.45, 2.75) is 31.6 Å². The van der Waals surface area contributed by atoms with Crippen LogP contribution in [0.25, 0.3) is 5.69 Å². The van der Waals surface area contributed by atoms with Crippen molar-refractivity contribution in [1.29, 1.82) is 0 Å². The molecule has 3 saturated heterocycles. The normalized spacial score (nSPS) is 30.0. The molecule has 2 bridgehead atoms. The molecule has 3 aliphatic heterocycles. The molecule has 7 nitrogen and oxygen atoms in total. The average molecular weight is 352 g/mol. The van der Waals surface area contributed by atoms with Gasteiger partial charge >= 0.3 is 0 Å². The molecule has 1 aromatic carbocycles. The number of likely N-dealkylation sites (tertiary alicyclic amines) is 1. The molecule has 3 fully saturated rings. The third-order valence-corrected chi connectivity index (χ3v) is 6.03. The highest BCUT2D eigenvalue weighted by molar-refractivity contribution is 5.80. The molecule has 1 aromatic heterocycles. The number of fused-ring (bicyclic) bond motifs is 5. The largest absolute Gasteiger partial charge is 0.374 e. The van der Waals surface area contributed by atoms with Gasteiger partial charge in [-0.3, -0.25) is 4.99 Å². The molecule has 1 N–H and O–H groups in total. The van der Waals surface area contributed by atoms with Crippen LogP contribution in [0.3, 0.4) is 0 Å². The minimum Gasteiger partial charge on any atom is -0.374 e. The highest BCUT2D eigenvalue weighted by Crippen LogP contribution is 2.47. The fourth-order valence-corrected chi connectivity index (χ4v) is 4.75. The van der Waals surface area contributed by atoms with E-state index >= 15 is 0 Å². The van der Waals surface area contributed by atoms with Gasteiger partial charge in [0.1, 0.15) is 12.7 Å². The van der Waals surface area contributed by atoms with Crippen molar-refractivity contribution in [3.05, 3.63) is 42.5 Å². The van der Waals surface area contributed by atoms with Gasteiger partial charge in [-0.2, -0.15) is 5.10 Å². The summed E-state index contributed by atoms with van der Waals surface area (Å²) in [5.74, 6) is 2.38. The minimum atomic E-state index is 0.484. The van der Waals surface area contributed by atoms with Crippen molar-refractivity contribution in [3.63, 3.8) is 0 Å². The minimum absolute atomic E-state index is 0.484. The molecule has 0 amide bonds.